The van der Waals surface area contributed by atoms with Gasteiger partial charge in [-0.15, -0.1) is 0 Å². The number of aryl methyl sites for hydroxylation is 1. The molecule has 0 aromatic heterocycles. The fourth-order valence-corrected chi connectivity index (χ4v) is 4.79. The van der Waals surface area contributed by atoms with Crippen molar-refractivity contribution in [3.8, 4) is 11.5 Å². The molecule has 0 N–H and O–H groups in total. The number of ether oxygens (including phenoxy) is 2. The number of carbonyl (C=O) groups is 3. The Morgan fingerprint density at radius 1 is 0.972 bits per heavy atom. The summed E-state index contributed by atoms with van der Waals surface area (Å²) in [5.41, 5.74) is 2.17. The van der Waals surface area contributed by atoms with Gasteiger partial charge in [0.25, 0.3) is 11.8 Å². The molecule has 0 fully saturated rings. The maximum absolute atomic E-state index is 13.6. The minimum absolute atomic E-state index is 0.152. The highest BCUT2D eigenvalue weighted by Gasteiger charge is 2.42. The summed E-state index contributed by atoms with van der Waals surface area (Å²) in [4.78, 5) is 43.3. The van der Waals surface area contributed by atoms with Gasteiger partial charge in [0.05, 0.1) is 19.3 Å². The van der Waals surface area contributed by atoms with Crippen LogP contribution in [0.2, 0.25) is 0 Å². The number of methoxy groups -OCH3 is 1. The largest absolute Gasteiger partial charge is 0.497 e. The van der Waals surface area contributed by atoms with Crippen LogP contribution in [0.3, 0.4) is 0 Å². The molecule has 0 atom stereocenters. The molecular weight excluding hydrogens is 456 g/mol. The van der Waals surface area contributed by atoms with E-state index in [2.05, 4.69) is 0 Å². The smallest absolute Gasteiger partial charge is 0.271 e. The molecule has 0 saturated carbocycles. The van der Waals surface area contributed by atoms with Crippen molar-refractivity contribution in [1.29, 1.82) is 0 Å². The predicted molar refractivity (Wildman–Crippen MR) is 137 cm³/mol. The topological polar surface area (TPSA) is 76.1 Å². The molecule has 2 aliphatic heterocycles. The zero-order valence-electron chi connectivity index (χ0n) is 20.6. The Balaban J connectivity index is 1.49. The number of hydrogen-bond acceptors (Lipinski definition) is 5. The van der Waals surface area contributed by atoms with E-state index in [4.69, 9.17) is 9.47 Å². The summed E-state index contributed by atoms with van der Waals surface area (Å²) in [6, 6.07) is 19.8. The quantitative estimate of drug-likeness (QED) is 0.492. The number of benzene rings is 3. The fourth-order valence-electron chi connectivity index (χ4n) is 4.79. The minimum atomic E-state index is -1.15. The highest BCUT2D eigenvalue weighted by Crippen LogP contribution is 2.39. The number of Topliss-reactive ketones (excluding diaryl/α,β-unsaturated/α-hetero) is 1. The van der Waals surface area contributed by atoms with Gasteiger partial charge in [0.1, 0.15) is 11.5 Å². The van der Waals surface area contributed by atoms with Crippen LogP contribution in [0.4, 0.5) is 11.4 Å². The maximum Gasteiger partial charge on any atom is 0.271 e. The lowest BCUT2D eigenvalue weighted by Crippen LogP contribution is -2.54. The number of rotatable bonds is 5. The Bertz CT molecular complexity index is 1360. The van der Waals surface area contributed by atoms with Crippen molar-refractivity contribution < 1.29 is 23.9 Å². The van der Waals surface area contributed by atoms with Crippen molar-refractivity contribution in [3.63, 3.8) is 0 Å². The maximum atomic E-state index is 13.6. The van der Waals surface area contributed by atoms with Gasteiger partial charge in [-0.2, -0.15) is 0 Å². The lowest BCUT2D eigenvalue weighted by atomic mass is 9.99. The van der Waals surface area contributed by atoms with E-state index in [9.17, 15) is 14.4 Å². The van der Waals surface area contributed by atoms with Gasteiger partial charge in [-0.05, 0) is 68.7 Å². The Kier molecular flexibility index (Phi) is 6.00. The minimum Gasteiger partial charge on any atom is -0.497 e. The first-order valence-corrected chi connectivity index (χ1v) is 12.0. The van der Waals surface area contributed by atoms with Crippen molar-refractivity contribution in [2.45, 2.75) is 32.3 Å². The number of para-hydroxylation sites is 1. The molecule has 3 aromatic rings. The number of ketones is 1. The molecule has 36 heavy (non-hydrogen) atoms. The molecule has 0 saturated heterocycles. The monoisotopic (exact) mass is 484 g/mol. The number of hydrogen-bond donors (Lipinski definition) is 0. The van der Waals surface area contributed by atoms with Gasteiger partial charge in [0, 0.05) is 23.4 Å². The Morgan fingerprint density at radius 3 is 2.58 bits per heavy atom. The van der Waals surface area contributed by atoms with Crippen LogP contribution >= 0.6 is 0 Å². The number of amides is 2. The van der Waals surface area contributed by atoms with E-state index in [1.807, 2.05) is 24.3 Å². The van der Waals surface area contributed by atoms with E-state index < -0.39 is 5.60 Å². The van der Waals surface area contributed by atoms with E-state index in [0.717, 1.165) is 24.1 Å². The first-order chi connectivity index (χ1) is 17.3. The van der Waals surface area contributed by atoms with Gasteiger partial charge in [0.2, 0.25) is 0 Å². The molecule has 3 aromatic carbocycles. The van der Waals surface area contributed by atoms with Crippen LogP contribution in [0.5, 0.6) is 11.5 Å². The van der Waals surface area contributed by atoms with Crippen molar-refractivity contribution in [1.82, 2.24) is 0 Å². The number of nitrogens with zero attached hydrogens (tertiary/aromatic N) is 2. The zero-order chi connectivity index (χ0) is 25.4. The molecule has 7 heteroatoms. The third-order valence-corrected chi connectivity index (χ3v) is 6.67. The molecular formula is C29H28N2O5. The van der Waals surface area contributed by atoms with Crippen molar-refractivity contribution in [3.05, 3.63) is 83.4 Å². The lowest BCUT2D eigenvalue weighted by Gasteiger charge is -2.39. The summed E-state index contributed by atoms with van der Waals surface area (Å²) in [6.07, 6.45) is 1.81. The second kappa shape index (κ2) is 9.15. The molecule has 5 rings (SSSR count). The summed E-state index contributed by atoms with van der Waals surface area (Å²) < 4.78 is 11.2. The molecule has 2 aliphatic rings. The number of fused-ring (bicyclic) bond motifs is 2. The van der Waals surface area contributed by atoms with Crippen LogP contribution in [-0.4, -0.2) is 43.4 Å². The fraction of sp³-hybridized carbons (Fsp3) is 0.276. The van der Waals surface area contributed by atoms with E-state index in [0.29, 0.717) is 34.9 Å². The van der Waals surface area contributed by atoms with E-state index in [-0.39, 0.29) is 24.1 Å². The Hall–Kier alpha value is -4.13. The van der Waals surface area contributed by atoms with Crippen LogP contribution in [0.1, 0.15) is 46.5 Å². The normalized spacial score (nSPS) is 16.0. The molecule has 0 bridgehead atoms. The zero-order valence-corrected chi connectivity index (χ0v) is 20.6. The molecule has 7 nitrogen and oxygen atoms in total. The SMILES string of the molecule is COc1cccc(C(=O)CN2C(=O)C(C)(C)Oc3ccc(C(=O)N4CCCc5ccccc54)cc32)c1. The first kappa shape index (κ1) is 23.6. The standard InChI is InChI=1S/C29H28N2O5/c1-29(2)28(34)31(18-25(32)20-9-6-11-22(16-20)35-3)24-17-21(13-14-26(24)36-29)27(33)30-15-7-10-19-8-4-5-12-23(19)30/h4-6,8-9,11-14,16-17H,7,10,15,18H2,1-3H3. The van der Waals surface area contributed by atoms with Crippen LogP contribution in [0.25, 0.3) is 0 Å². The van der Waals surface area contributed by atoms with E-state index >= 15 is 0 Å². The van der Waals surface area contributed by atoms with Crippen LogP contribution in [-0.2, 0) is 11.2 Å². The second-order valence-corrected chi connectivity index (χ2v) is 9.53. The summed E-state index contributed by atoms with van der Waals surface area (Å²) in [7, 11) is 1.53. The number of anilines is 2. The van der Waals surface area contributed by atoms with Gasteiger partial charge in [-0.1, -0.05) is 30.3 Å². The molecule has 0 radical (unpaired) electrons. The summed E-state index contributed by atoms with van der Waals surface area (Å²) >= 11 is 0. The molecule has 2 amide bonds. The summed E-state index contributed by atoms with van der Waals surface area (Å²) in [5, 5.41) is 0. The van der Waals surface area contributed by atoms with Crippen molar-refractivity contribution >= 4 is 29.0 Å². The van der Waals surface area contributed by atoms with Gasteiger partial charge in [0.15, 0.2) is 11.4 Å². The Labute approximate surface area is 210 Å². The van der Waals surface area contributed by atoms with Crippen LogP contribution in [0, 0.1) is 0 Å². The second-order valence-electron chi connectivity index (χ2n) is 9.53. The third-order valence-electron chi connectivity index (χ3n) is 6.67. The molecule has 0 spiro atoms. The van der Waals surface area contributed by atoms with E-state index in [1.165, 1.54) is 12.0 Å². The predicted octanol–water partition coefficient (Wildman–Crippen LogP) is 4.68. The lowest BCUT2D eigenvalue weighted by molar-refractivity contribution is -0.132. The number of carbonyl (C=O) groups excluding carboxylic acids is 3. The molecule has 0 unspecified atom stereocenters. The molecule has 184 valence electrons. The average Bonchev–Trinajstić information content (AvgIpc) is 2.90. The Morgan fingerprint density at radius 2 is 1.78 bits per heavy atom. The van der Waals surface area contributed by atoms with Crippen LogP contribution in [0.15, 0.2) is 66.7 Å². The molecule has 0 aliphatic carbocycles. The van der Waals surface area contributed by atoms with Crippen molar-refractivity contribution in [2.24, 2.45) is 0 Å². The molecule has 2 heterocycles. The highest BCUT2D eigenvalue weighted by molar-refractivity contribution is 6.12. The van der Waals surface area contributed by atoms with Gasteiger partial charge < -0.3 is 14.4 Å². The van der Waals surface area contributed by atoms with Crippen molar-refractivity contribution in [2.75, 3.05) is 30.0 Å². The summed E-state index contributed by atoms with van der Waals surface area (Å²) in [6.45, 7) is 3.78. The highest BCUT2D eigenvalue weighted by atomic mass is 16.5. The first-order valence-electron chi connectivity index (χ1n) is 12.0. The van der Waals surface area contributed by atoms with Gasteiger partial charge in [-0.25, -0.2) is 0 Å². The third kappa shape index (κ3) is 4.21. The van der Waals surface area contributed by atoms with E-state index in [1.54, 1.807) is 61.2 Å². The average molecular weight is 485 g/mol. The van der Waals surface area contributed by atoms with Gasteiger partial charge >= 0.3 is 0 Å². The van der Waals surface area contributed by atoms with Gasteiger partial charge in [-0.3, -0.25) is 19.3 Å². The van der Waals surface area contributed by atoms with Crippen LogP contribution < -0.4 is 19.3 Å². The summed E-state index contributed by atoms with van der Waals surface area (Å²) in [5.74, 6) is 0.270.